The summed E-state index contributed by atoms with van der Waals surface area (Å²) in [5.74, 6) is 0.00778. The van der Waals surface area contributed by atoms with E-state index in [4.69, 9.17) is 4.74 Å². The van der Waals surface area contributed by atoms with Crippen molar-refractivity contribution in [2.75, 3.05) is 13.7 Å². The maximum Gasteiger partial charge on any atom is 0.337 e. The molecule has 0 fully saturated rings. The van der Waals surface area contributed by atoms with Gasteiger partial charge in [-0.15, -0.1) is 0 Å². The number of unbranched alkanes of at least 4 members (excludes halogenated alkanes) is 1. The summed E-state index contributed by atoms with van der Waals surface area (Å²) in [6.45, 7) is 3.62. The number of hydrogen-bond acceptors (Lipinski definition) is 3. The number of rotatable bonds is 7. The molecule has 5 heteroatoms. The first kappa shape index (κ1) is 14.5. The summed E-state index contributed by atoms with van der Waals surface area (Å²) in [5.41, 5.74) is 1.76. The van der Waals surface area contributed by atoms with Crippen LogP contribution in [0.1, 0.15) is 35.9 Å². The number of methoxy groups -OCH3 is 1. The lowest BCUT2D eigenvalue weighted by molar-refractivity contribution is 0.0699. The Balaban J connectivity index is 2.37. The Labute approximate surface area is 118 Å². The van der Waals surface area contributed by atoms with Crippen LogP contribution in [0.25, 0.3) is 11.0 Å². The zero-order chi connectivity index (χ0) is 14.5. The predicted molar refractivity (Wildman–Crippen MR) is 77.2 cm³/mol. The first-order valence-electron chi connectivity index (χ1n) is 6.89. The monoisotopic (exact) mass is 276 g/mol. The highest BCUT2D eigenvalue weighted by Gasteiger charge is 2.15. The first-order chi connectivity index (χ1) is 9.69. The van der Waals surface area contributed by atoms with E-state index in [0.29, 0.717) is 5.52 Å². The van der Waals surface area contributed by atoms with Crippen molar-refractivity contribution in [3.05, 3.63) is 29.6 Å². The van der Waals surface area contributed by atoms with Gasteiger partial charge in [0.1, 0.15) is 11.3 Å². The molecule has 1 aromatic carbocycles. The number of carboxylic acid groups (broad SMARTS) is 1. The van der Waals surface area contributed by atoms with Crippen molar-refractivity contribution in [3.63, 3.8) is 0 Å². The highest BCUT2D eigenvalue weighted by Crippen LogP contribution is 2.21. The topological polar surface area (TPSA) is 64.3 Å². The van der Waals surface area contributed by atoms with Crippen molar-refractivity contribution >= 4 is 17.0 Å². The van der Waals surface area contributed by atoms with Crippen molar-refractivity contribution in [1.82, 2.24) is 9.55 Å². The fourth-order valence-corrected chi connectivity index (χ4v) is 2.40. The largest absolute Gasteiger partial charge is 0.478 e. The molecule has 0 aliphatic carbocycles. The fourth-order valence-electron chi connectivity index (χ4n) is 2.40. The average molecular weight is 276 g/mol. The van der Waals surface area contributed by atoms with E-state index in [1.807, 2.05) is 13.0 Å². The third-order valence-corrected chi connectivity index (χ3v) is 3.38. The standard InChI is InChI=1S/C15H20N2O3/c1-3-13-16-14-11(15(18)19)7-6-8-12(14)17(13)9-4-5-10-20-2/h6-8H,3-5,9-10H2,1-2H3,(H,18,19). The summed E-state index contributed by atoms with van der Waals surface area (Å²) in [4.78, 5) is 15.8. The molecular weight excluding hydrogens is 256 g/mol. The molecule has 2 rings (SSSR count). The van der Waals surface area contributed by atoms with Crippen molar-refractivity contribution in [1.29, 1.82) is 0 Å². The second kappa shape index (κ2) is 6.52. The number of para-hydroxylation sites is 1. The lowest BCUT2D eigenvalue weighted by atomic mass is 10.2. The van der Waals surface area contributed by atoms with Gasteiger partial charge in [-0.2, -0.15) is 0 Å². The number of ether oxygens (including phenoxy) is 1. The average Bonchev–Trinajstić information content (AvgIpc) is 2.81. The Morgan fingerprint density at radius 2 is 2.20 bits per heavy atom. The highest BCUT2D eigenvalue weighted by atomic mass is 16.5. The summed E-state index contributed by atoms with van der Waals surface area (Å²) in [6.07, 6.45) is 2.76. The molecule has 0 spiro atoms. The summed E-state index contributed by atoms with van der Waals surface area (Å²) in [5, 5.41) is 9.24. The number of aromatic carboxylic acids is 1. The molecular formula is C15H20N2O3. The van der Waals surface area contributed by atoms with E-state index in [9.17, 15) is 9.90 Å². The van der Waals surface area contributed by atoms with E-state index in [0.717, 1.165) is 43.8 Å². The maximum atomic E-state index is 11.3. The third-order valence-electron chi connectivity index (χ3n) is 3.38. The quantitative estimate of drug-likeness (QED) is 0.790. The number of hydrogen-bond donors (Lipinski definition) is 1. The van der Waals surface area contributed by atoms with Gasteiger partial charge in [0.05, 0.1) is 11.1 Å². The van der Waals surface area contributed by atoms with Gasteiger partial charge in [-0.05, 0) is 25.0 Å². The van der Waals surface area contributed by atoms with E-state index in [1.165, 1.54) is 0 Å². The van der Waals surface area contributed by atoms with E-state index in [2.05, 4.69) is 9.55 Å². The van der Waals surface area contributed by atoms with Crippen molar-refractivity contribution in [2.45, 2.75) is 32.7 Å². The van der Waals surface area contributed by atoms with E-state index in [-0.39, 0.29) is 5.56 Å². The molecule has 108 valence electrons. The van der Waals surface area contributed by atoms with Gasteiger partial charge in [0, 0.05) is 26.7 Å². The highest BCUT2D eigenvalue weighted by molar-refractivity contribution is 6.01. The molecule has 20 heavy (non-hydrogen) atoms. The summed E-state index contributed by atoms with van der Waals surface area (Å²) in [7, 11) is 1.70. The Kier molecular flexibility index (Phi) is 4.74. The lowest BCUT2D eigenvalue weighted by Gasteiger charge is -2.08. The molecule has 0 atom stereocenters. The number of carboxylic acids is 1. The Morgan fingerprint density at radius 3 is 2.85 bits per heavy atom. The second-order valence-corrected chi connectivity index (χ2v) is 4.71. The number of imidazole rings is 1. The van der Waals surface area contributed by atoms with Gasteiger partial charge in [0.25, 0.3) is 0 Å². The molecule has 0 aliphatic heterocycles. The van der Waals surface area contributed by atoms with Crippen LogP contribution < -0.4 is 0 Å². The fraction of sp³-hybridized carbons (Fsp3) is 0.467. The number of nitrogens with zero attached hydrogens (tertiary/aromatic N) is 2. The molecule has 2 aromatic rings. The van der Waals surface area contributed by atoms with E-state index < -0.39 is 5.97 Å². The number of benzene rings is 1. The van der Waals surface area contributed by atoms with Gasteiger partial charge in [-0.1, -0.05) is 13.0 Å². The molecule has 0 unspecified atom stereocenters. The summed E-state index contributed by atoms with van der Waals surface area (Å²) in [6, 6.07) is 5.31. The van der Waals surface area contributed by atoms with Crippen LogP contribution in [0.4, 0.5) is 0 Å². The predicted octanol–water partition coefficient (Wildman–Crippen LogP) is 2.72. The normalized spacial score (nSPS) is 11.1. The van der Waals surface area contributed by atoms with Crippen LogP contribution in [0.5, 0.6) is 0 Å². The molecule has 0 bridgehead atoms. The van der Waals surface area contributed by atoms with Crippen molar-refractivity contribution in [3.8, 4) is 0 Å². The molecule has 0 saturated heterocycles. The maximum absolute atomic E-state index is 11.3. The second-order valence-electron chi connectivity index (χ2n) is 4.71. The van der Waals surface area contributed by atoms with Gasteiger partial charge < -0.3 is 14.4 Å². The van der Waals surface area contributed by atoms with Gasteiger partial charge in [0.2, 0.25) is 0 Å². The van der Waals surface area contributed by atoms with Crippen molar-refractivity contribution in [2.24, 2.45) is 0 Å². The van der Waals surface area contributed by atoms with Crippen LogP contribution in [0.2, 0.25) is 0 Å². The molecule has 1 N–H and O–H groups in total. The third kappa shape index (κ3) is 2.82. The van der Waals surface area contributed by atoms with Crippen LogP contribution in [0.15, 0.2) is 18.2 Å². The van der Waals surface area contributed by atoms with Crippen LogP contribution in [-0.4, -0.2) is 34.3 Å². The van der Waals surface area contributed by atoms with Gasteiger partial charge in [-0.25, -0.2) is 9.78 Å². The molecule has 1 heterocycles. The molecule has 0 aliphatic rings. The van der Waals surface area contributed by atoms with Crippen LogP contribution in [0, 0.1) is 0 Å². The van der Waals surface area contributed by atoms with Crippen LogP contribution in [-0.2, 0) is 17.7 Å². The van der Waals surface area contributed by atoms with E-state index in [1.54, 1.807) is 19.2 Å². The number of aryl methyl sites for hydroxylation is 2. The zero-order valence-corrected chi connectivity index (χ0v) is 11.9. The number of aromatic nitrogens is 2. The zero-order valence-electron chi connectivity index (χ0n) is 11.9. The number of fused-ring (bicyclic) bond motifs is 1. The summed E-state index contributed by atoms with van der Waals surface area (Å²) >= 11 is 0. The molecule has 0 saturated carbocycles. The van der Waals surface area contributed by atoms with Crippen LogP contribution >= 0.6 is 0 Å². The van der Waals surface area contributed by atoms with Crippen molar-refractivity contribution < 1.29 is 14.6 Å². The van der Waals surface area contributed by atoms with Gasteiger partial charge in [0.15, 0.2) is 0 Å². The minimum Gasteiger partial charge on any atom is -0.478 e. The Morgan fingerprint density at radius 1 is 1.40 bits per heavy atom. The van der Waals surface area contributed by atoms with E-state index >= 15 is 0 Å². The number of carbonyl (C=O) groups is 1. The SMILES string of the molecule is CCc1nc2c(C(=O)O)cccc2n1CCCCOC. The minimum atomic E-state index is -0.928. The first-order valence-corrected chi connectivity index (χ1v) is 6.89. The molecule has 1 aromatic heterocycles. The molecule has 0 amide bonds. The summed E-state index contributed by atoms with van der Waals surface area (Å²) < 4.78 is 7.18. The minimum absolute atomic E-state index is 0.271. The lowest BCUT2D eigenvalue weighted by Crippen LogP contribution is -2.04. The molecule has 0 radical (unpaired) electrons. The molecule has 5 nitrogen and oxygen atoms in total. The Bertz CT molecular complexity index is 604. The van der Waals surface area contributed by atoms with Gasteiger partial charge in [-0.3, -0.25) is 0 Å². The smallest absolute Gasteiger partial charge is 0.337 e. The van der Waals surface area contributed by atoms with Gasteiger partial charge >= 0.3 is 5.97 Å². The van der Waals surface area contributed by atoms with Crippen LogP contribution in [0.3, 0.4) is 0 Å². The Hall–Kier alpha value is -1.88.